The minimum Gasteiger partial charge on any atom is -0.493 e. The number of likely N-dealkylation sites (tertiary alicyclic amines) is 1. The number of hydrogen-bond acceptors (Lipinski definition) is 6. The summed E-state index contributed by atoms with van der Waals surface area (Å²) in [5.41, 5.74) is -0.566. The lowest BCUT2D eigenvalue weighted by Gasteiger charge is -2.21. The molecule has 0 aliphatic carbocycles. The number of para-hydroxylation sites is 1. The van der Waals surface area contributed by atoms with E-state index in [4.69, 9.17) is 9.15 Å². The summed E-state index contributed by atoms with van der Waals surface area (Å²) in [6.45, 7) is 0.503. The molecule has 3 heterocycles. The summed E-state index contributed by atoms with van der Waals surface area (Å²) in [5, 5.41) is 3.04. The number of nitrogens with zero attached hydrogens (tertiary/aromatic N) is 2. The molecule has 2 fully saturated rings. The first-order valence-electron chi connectivity index (χ1n) is 8.49. The van der Waals surface area contributed by atoms with Gasteiger partial charge in [0.15, 0.2) is 11.3 Å². The summed E-state index contributed by atoms with van der Waals surface area (Å²) < 4.78 is 10.5. The van der Waals surface area contributed by atoms with Gasteiger partial charge < -0.3 is 19.4 Å². The second kappa shape index (κ2) is 6.42. The molecule has 1 N–H and O–H groups in total. The van der Waals surface area contributed by atoms with Gasteiger partial charge in [0.05, 0.1) is 19.7 Å². The van der Waals surface area contributed by atoms with Gasteiger partial charge >= 0.3 is 11.7 Å². The van der Waals surface area contributed by atoms with Crippen LogP contribution in [0, 0.1) is 0 Å². The van der Waals surface area contributed by atoms with Gasteiger partial charge in [-0.1, -0.05) is 12.1 Å². The molecule has 0 saturated carbocycles. The molecule has 0 bridgehead atoms. The standard InChI is InChI=1S/C18H17N3O6/c1-26-13-4-2-3-10-7-12(17(24)27-15(10)13)16(23)20-6-5-11(9-20)21-14(22)8-19-18(21)25/h2-4,7,11H,5-6,8-9H2,1H3,(H,19,25). The second-order valence-electron chi connectivity index (χ2n) is 6.44. The normalized spacial score (nSPS) is 19.7. The van der Waals surface area contributed by atoms with Crippen LogP contribution in [0.25, 0.3) is 11.0 Å². The Balaban J connectivity index is 1.60. The number of fused-ring (bicyclic) bond motifs is 1. The minimum absolute atomic E-state index is 0.0284. The Kier molecular flexibility index (Phi) is 4.06. The zero-order valence-corrected chi connectivity index (χ0v) is 14.6. The lowest BCUT2D eigenvalue weighted by Crippen LogP contribution is -2.43. The molecule has 4 amide bonds. The molecular formula is C18H17N3O6. The average molecular weight is 371 g/mol. The van der Waals surface area contributed by atoms with E-state index in [0.717, 1.165) is 4.90 Å². The molecule has 1 atom stereocenters. The number of rotatable bonds is 3. The first-order valence-corrected chi connectivity index (χ1v) is 8.49. The van der Waals surface area contributed by atoms with E-state index in [0.29, 0.717) is 24.1 Å². The smallest absolute Gasteiger partial charge is 0.349 e. The maximum Gasteiger partial charge on any atom is 0.349 e. The van der Waals surface area contributed by atoms with Crippen LogP contribution in [0.15, 0.2) is 33.5 Å². The SMILES string of the molecule is COc1cccc2cc(C(=O)N3CCC(N4C(=O)CNC4=O)C3)c(=O)oc12. The van der Waals surface area contributed by atoms with Crippen molar-refractivity contribution in [3.63, 3.8) is 0 Å². The molecule has 2 aliphatic rings. The number of carbonyl (C=O) groups is 3. The van der Waals surface area contributed by atoms with E-state index in [1.54, 1.807) is 18.2 Å². The number of carbonyl (C=O) groups excluding carboxylic acids is 3. The van der Waals surface area contributed by atoms with Gasteiger partial charge in [-0.2, -0.15) is 0 Å². The highest BCUT2D eigenvalue weighted by Gasteiger charge is 2.40. The van der Waals surface area contributed by atoms with Crippen LogP contribution in [-0.4, -0.2) is 60.4 Å². The molecule has 140 valence electrons. The van der Waals surface area contributed by atoms with Crippen LogP contribution in [0.5, 0.6) is 5.75 Å². The van der Waals surface area contributed by atoms with Crippen LogP contribution in [0.1, 0.15) is 16.8 Å². The van der Waals surface area contributed by atoms with Crippen molar-refractivity contribution in [1.82, 2.24) is 15.1 Å². The van der Waals surface area contributed by atoms with Crippen LogP contribution in [-0.2, 0) is 4.79 Å². The highest BCUT2D eigenvalue weighted by Crippen LogP contribution is 2.25. The van der Waals surface area contributed by atoms with Crippen LogP contribution in [0.2, 0.25) is 0 Å². The van der Waals surface area contributed by atoms with Crippen molar-refractivity contribution >= 4 is 28.8 Å². The topological polar surface area (TPSA) is 109 Å². The number of nitrogens with one attached hydrogen (secondary N) is 1. The van der Waals surface area contributed by atoms with E-state index in [-0.39, 0.29) is 30.1 Å². The molecule has 2 aromatic rings. The fraction of sp³-hybridized carbons (Fsp3) is 0.333. The van der Waals surface area contributed by atoms with Gasteiger partial charge in [-0.3, -0.25) is 14.5 Å². The zero-order valence-electron chi connectivity index (χ0n) is 14.6. The number of imide groups is 1. The number of amides is 4. The Bertz CT molecular complexity index is 998. The monoisotopic (exact) mass is 371 g/mol. The van der Waals surface area contributed by atoms with Gasteiger partial charge in [0.2, 0.25) is 5.91 Å². The van der Waals surface area contributed by atoms with Crippen molar-refractivity contribution in [2.45, 2.75) is 12.5 Å². The van der Waals surface area contributed by atoms with Gasteiger partial charge in [0.1, 0.15) is 5.56 Å². The van der Waals surface area contributed by atoms with Gasteiger partial charge in [-0.25, -0.2) is 9.59 Å². The number of benzene rings is 1. The minimum atomic E-state index is -0.754. The second-order valence-corrected chi connectivity index (χ2v) is 6.44. The van der Waals surface area contributed by atoms with Gasteiger partial charge in [0, 0.05) is 18.5 Å². The maximum atomic E-state index is 12.8. The number of hydrogen-bond donors (Lipinski definition) is 1. The van der Waals surface area contributed by atoms with Crippen molar-refractivity contribution in [1.29, 1.82) is 0 Å². The zero-order chi connectivity index (χ0) is 19.1. The molecular weight excluding hydrogens is 354 g/mol. The lowest BCUT2D eigenvalue weighted by atomic mass is 10.1. The van der Waals surface area contributed by atoms with Gasteiger partial charge in [-0.05, 0) is 18.6 Å². The Morgan fingerprint density at radius 1 is 1.30 bits per heavy atom. The van der Waals surface area contributed by atoms with Crippen LogP contribution >= 0.6 is 0 Å². The summed E-state index contributed by atoms with van der Waals surface area (Å²) in [6.07, 6.45) is 0.470. The molecule has 9 nitrogen and oxygen atoms in total. The van der Waals surface area contributed by atoms with Gasteiger partial charge in [0.25, 0.3) is 5.91 Å². The van der Waals surface area contributed by atoms with Crippen molar-refractivity contribution in [2.75, 3.05) is 26.7 Å². The number of urea groups is 1. The first-order chi connectivity index (χ1) is 13.0. The van der Waals surface area contributed by atoms with Crippen LogP contribution < -0.4 is 15.7 Å². The van der Waals surface area contributed by atoms with E-state index < -0.39 is 23.6 Å². The molecule has 9 heteroatoms. The number of methoxy groups -OCH3 is 1. The fourth-order valence-electron chi connectivity index (χ4n) is 3.54. The fourth-order valence-corrected chi connectivity index (χ4v) is 3.54. The van der Waals surface area contributed by atoms with Crippen molar-refractivity contribution < 1.29 is 23.5 Å². The van der Waals surface area contributed by atoms with Crippen LogP contribution in [0.3, 0.4) is 0 Å². The lowest BCUT2D eigenvalue weighted by molar-refractivity contribution is -0.126. The summed E-state index contributed by atoms with van der Waals surface area (Å²) in [6, 6.07) is 5.76. The van der Waals surface area contributed by atoms with E-state index in [1.807, 2.05) is 0 Å². The molecule has 27 heavy (non-hydrogen) atoms. The van der Waals surface area contributed by atoms with Crippen molar-refractivity contribution in [3.8, 4) is 5.75 Å². The molecule has 1 aromatic carbocycles. The van der Waals surface area contributed by atoms with Crippen molar-refractivity contribution in [2.24, 2.45) is 0 Å². The molecule has 2 aliphatic heterocycles. The Labute approximate surface area is 153 Å². The molecule has 0 radical (unpaired) electrons. The summed E-state index contributed by atoms with van der Waals surface area (Å²) in [7, 11) is 1.47. The average Bonchev–Trinajstić information content (AvgIpc) is 3.26. The van der Waals surface area contributed by atoms with Crippen LogP contribution in [0.4, 0.5) is 4.79 Å². The third-order valence-corrected chi connectivity index (χ3v) is 4.87. The van der Waals surface area contributed by atoms with Crippen molar-refractivity contribution in [3.05, 3.63) is 40.2 Å². The molecule has 2 saturated heterocycles. The quantitative estimate of drug-likeness (QED) is 0.624. The molecule has 4 rings (SSSR count). The molecule has 1 aromatic heterocycles. The van der Waals surface area contributed by atoms with E-state index in [1.165, 1.54) is 18.1 Å². The third kappa shape index (κ3) is 2.80. The summed E-state index contributed by atoms with van der Waals surface area (Å²) >= 11 is 0. The van der Waals surface area contributed by atoms with E-state index in [9.17, 15) is 19.2 Å². The predicted octanol–water partition coefficient (Wildman–Crippen LogP) is 0.568. The van der Waals surface area contributed by atoms with E-state index >= 15 is 0 Å². The Morgan fingerprint density at radius 3 is 2.81 bits per heavy atom. The molecule has 0 spiro atoms. The Morgan fingerprint density at radius 2 is 2.11 bits per heavy atom. The summed E-state index contributed by atoms with van der Waals surface area (Å²) in [4.78, 5) is 51.4. The Hall–Kier alpha value is -3.36. The predicted molar refractivity (Wildman–Crippen MR) is 93.6 cm³/mol. The van der Waals surface area contributed by atoms with Gasteiger partial charge in [-0.15, -0.1) is 0 Å². The number of ether oxygens (including phenoxy) is 1. The van der Waals surface area contributed by atoms with E-state index in [2.05, 4.69) is 5.32 Å². The largest absolute Gasteiger partial charge is 0.493 e. The maximum absolute atomic E-state index is 12.8. The molecule has 1 unspecified atom stereocenters. The highest BCUT2D eigenvalue weighted by atomic mass is 16.5. The third-order valence-electron chi connectivity index (χ3n) is 4.87. The highest BCUT2D eigenvalue weighted by molar-refractivity contribution is 6.02. The summed E-state index contributed by atoms with van der Waals surface area (Å²) in [5.74, 6) is -0.386. The first kappa shape index (κ1) is 17.1.